The quantitative estimate of drug-likeness (QED) is 0.905. The Morgan fingerprint density at radius 1 is 1.44 bits per heavy atom. The van der Waals surface area contributed by atoms with Crippen LogP contribution in [-0.2, 0) is 6.42 Å². The maximum absolute atomic E-state index is 12.8. The van der Waals surface area contributed by atoms with Crippen LogP contribution in [-0.4, -0.2) is 23.0 Å². The molecule has 1 aliphatic heterocycles. The van der Waals surface area contributed by atoms with E-state index in [9.17, 15) is 4.39 Å². The Balaban J connectivity index is 1.85. The van der Waals surface area contributed by atoms with Crippen LogP contribution >= 0.6 is 11.8 Å². The SMILES string of the molecule is CCC1CSC(NC(C)Cc2ccc(F)cc2)=N1. The maximum Gasteiger partial charge on any atom is 0.157 e. The van der Waals surface area contributed by atoms with E-state index in [0.29, 0.717) is 12.1 Å². The molecule has 0 aliphatic carbocycles. The molecule has 2 nitrogen and oxygen atoms in total. The van der Waals surface area contributed by atoms with Gasteiger partial charge in [-0.3, -0.25) is 4.99 Å². The van der Waals surface area contributed by atoms with Crippen molar-refractivity contribution in [2.45, 2.75) is 38.8 Å². The highest BCUT2D eigenvalue weighted by Gasteiger charge is 2.17. The van der Waals surface area contributed by atoms with Gasteiger partial charge in [-0.05, 0) is 37.5 Å². The monoisotopic (exact) mass is 266 g/mol. The summed E-state index contributed by atoms with van der Waals surface area (Å²) < 4.78 is 12.8. The predicted octanol–water partition coefficient (Wildman–Crippen LogP) is 3.23. The van der Waals surface area contributed by atoms with Crippen LogP contribution in [0.2, 0.25) is 0 Å². The Hall–Kier alpha value is -1.03. The van der Waals surface area contributed by atoms with Crippen LogP contribution in [0.15, 0.2) is 29.3 Å². The molecular formula is C14H19FN2S. The van der Waals surface area contributed by atoms with Crippen molar-refractivity contribution in [3.8, 4) is 0 Å². The highest BCUT2D eigenvalue weighted by Crippen LogP contribution is 2.19. The molecule has 0 bridgehead atoms. The van der Waals surface area contributed by atoms with Crippen LogP contribution in [0, 0.1) is 5.82 Å². The molecule has 2 atom stereocenters. The molecule has 18 heavy (non-hydrogen) atoms. The van der Waals surface area contributed by atoms with Gasteiger partial charge in [0.1, 0.15) is 5.82 Å². The highest BCUT2D eigenvalue weighted by molar-refractivity contribution is 8.14. The summed E-state index contributed by atoms with van der Waals surface area (Å²) in [7, 11) is 0. The first-order valence-electron chi connectivity index (χ1n) is 6.39. The van der Waals surface area contributed by atoms with Gasteiger partial charge in [0.25, 0.3) is 0 Å². The number of amidine groups is 1. The molecule has 0 fully saturated rings. The number of nitrogens with zero attached hydrogens (tertiary/aromatic N) is 1. The lowest BCUT2D eigenvalue weighted by Crippen LogP contribution is -2.31. The number of aliphatic imine (C=N–C) groups is 1. The molecule has 0 spiro atoms. The average molecular weight is 266 g/mol. The fourth-order valence-electron chi connectivity index (χ4n) is 1.94. The van der Waals surface area contributed by atoms with Gasteiger partial charge >= 0.3 is 0 Å². The number of rotatable bonds is 4. The molecule has 2 rings (SSSR count). The molecule has 1 aromatic rings. The summed E-state index contributed by atoms with van der Waals surface area (Å²) in [6.07, 6.45) is 1.99. The minimum absolute atomic E-state index is 0.180. The summed E-state index contributed by atoms with van der Waals surface area (Å²) >= 11 is 1.80. The Labute approximate surface area is 112 Å². The molecular weight excluding hydrogens is 247 g/mol. The molecule has 0 saturated carbocycles. The van der Waals surface area contributed by atoms with Gasteiger partial charge in [0.15, 0.2) is 5.17 Å². The first kappa shape index (κ1) is 13.4. The van der Waals surface area contributed by atoms with E-state index in [0.717, 1.165) is 29.3 Å². The predicted molar refractivity (Wildman–Crippen MR) is 76.7 cm³/mol. The summed E-state index contributed by atoms with van der Waals surface area (Å²) in [4.78, 5) is 4.61. The van der Waals surface area contributed by atoms with E-state index < -0.39 is 0 Å². The van der Waals surface area contributed by atoms with Gasteiger partial charge in [-0.15, -0.1) is 0 Å². The van der Waals surface area contributed by atoms with Crippen molar-refractivity contribution >= 4 is 16.9 Å². The first-order chi connectivity index (χ1) is 8.67. The van der Waals surface area contributed by atoms with Crippen molar-refractivity contribution in [2.75, 3.05) is 5.75 Å². The number of nitrogens with one attached hydrogen (secondary N) is 1. The molecule has 0 saturated heterocycles. The van der Waals surface area contributed by atoms with Gasteiger partial charge in [0.05, 0.1) is 6.04 Å². The van der Waals surface area contributed by atoms with Crippen molar-refractivity contribution in [3.05, 3.63) is 35.6 Å². The standard InChI is InChI=1S/C14H19FN2S/c1-3-13-9-18-14(17-13)16-10(2)8-11-4-6-12(15)7-5-11/h4-7,10,13H,3,8-9H2,1-2H3,(H,16,17). The van der Waals surface area contributed by atoms with Crippen LogP contribution in [0.25, 0.3) is 0 Å². The van der Waals surface area contributed by atoms with Crippen molar-refractivity contribution in [1.29, 1.82) is 0 Å². The Morgan fingerprint density at radius 2 is 2.17 bits per heavy atom. The third kappa shape index (κ3) is 3.73. The van der Waals surface area contributed by atoms with Gasteiger partial charge in [-0.2, -0.15) is 0 Å². The van der Waals surface area contributed by atoms with Gasteiger partial charge in [-0.1, -0.05) is 30.8 Å². The summed E-state index contributed by atoms with van der Waals surface area (Å²) in [5, 5.41) is 4.48. The number of hydrogen-bond donors (Lipinski definition) is 1. The third-order valence-corrected chi connectivity index (χ3v) is 4.06. The van der Waals surface area contributed by atoms with Crippen LogP contribution in [0.4, 0.5) is 4.39 Å². The number of thioether (sulfide) groups is 1. The molecule has 2 unspecified atom stereocenters. The molecule has 98 valence electrons. The fraction of sp³-hybridized carbons (Fsp3) is 0.500. The summed E-state index contributed by atoms with van der Waals surface area (Å²) in [5.41, 5.74) is 1.15. The molecule has 0 aromatic heterocycles. The smallest absolute Gasteiger partial charge is 0.157 e. The number of halogens is 1. The maximum atomic E-state index is 12.8. The lowest BCUT2D eigenvalue weighted by Gasteiger charge is -2.14. The zero-order valence-corrected chi connectivity index (χ0v) is 11.6. The van der Waals surface area contributed by atoms with Crippen LogP contribution in [0.5, 0.6) is 0 Å². The van der Waals surface area contributed by atoms with Crippen molar-refractivity contribution < 1.29 is 4.39 Å². The fourth-order valence-corrected chi connectivity index (χ4v) is 3.11. The molecule has 1 aliphatic rings. The lowest BCUT2D eigenvalue weighted by atomic mass is 10.1. The first-order valence-corrected chi connectivity index (χ1v) is 7.37. The van der Waals surface area contributed by atoms with E-state index in [1.54, 1.807) is 11.8 Å². The summed E-state index contributed by atoms with van der Waals surface area (Å²) in [6, 6.07) is 7.49. The Bertz CT molecular complexity index is 416. The Kier molecular flexibility index (Phi) is 4.64. The number of benzene rings is 1. The van der Waals surface area contributed by atoms with Crippen molar-refractivity contribution in [2.24, 2.45) is 4.99 Å². The molecule has 1 aromatic carbocycles. The average Bonchev–Trinajstić information content (AvgIpc) is 2.79. The van der Waals surface area contributed by atoms with E-state index in [-0.39, 0.29) is 5.82 Å². The normalized spacial score (nSPS) is 20.6. The topological polar surface area (TPSA) is 24.4 Å². The van der Waals surface area contributed by atoms with Gasteiger partial charge in [-0.25, -0.2) is 4.39 Å². The molecule has 1 N–H and O–H groups in total. The lowest BCUT2D eigenvalue weighted by molar-refractivity contribution is 0.623. The van der Waals surface area contributed by atoms with E-state index >= 15 is 0 Å². The van der Waals surface area contributed by atoms with Gasteiger partial charge < -0.3 is 5.32 Å². The minimum Gasteiger partial charge on any atom is -0.362 e. The van der Waals surface area contributed by atoms with Crippen LogP contribution < -0.4 is 5.32 Å². The van der Waals surface area contributed by atoms with Crippen molar-refractivity contribution in [3.63, 3.8) is 0 Å². The second-order valence-electron chi connectivity index (χ2n) is 4.68. The highest BCUT2D eigenvalue weighted by atomic mass is 32.2. The van der Waals surface area contributed by atoms with E-state index in [1.165, 1.54) is 12.1 Å². The third-order valence-electron chi connectivity index (χ3n) is 3.01. The van der Waals surface area contributed by atoms with Crippen LogP contribution in [0.1, 0.15) is 25.8 Å². The van der Waals surface area contributed by atoms with E-state index in [1.807, 2.05) is 12.1 Å². The minimum atomic E-state index is -0.180. The molecule has 0 radical (unpaired) electrons. The molecule has 0 amide bonds. The zero-order valence-electron chi connectivity index (χ0n) is 10.8. The second-order valence-corrected chi connectivity index (χ2v) is 5.69. The van der Waals surface area contributed by atoms with Crippen LogP contribution in [0.3, 0.4) is 0 Å². The van der Waals surface area contributed by atoms with Crippen molar-refractivity contribution in [1.82, 2.24) is 5.32 Å². The Morgan fingerprint density at radius 3 is 2.78 bits per heavy atom. The van der Waals surface area contributed by atoms with E-state index in [2.05, 4.69) is 24.2 Å². The van der Waals surface area contributed by atoms with Gasteiger partial charge in [0, 0.05) is 11.8 Å². The second kappa shape index (κ2) is 6.23. The summed E-state index contributed by atoms with van der Waals surface area (Å²) in [5.74, 6) is 0.906. The largest absolute Gasteiger partial charge is 0.362 e. The summed E-state index contributed by atoms with van der Waals surface area (Å²) in [6.45, 7) is 4.30. The van der Waals surface area contributed by atoms with E-state index in [4.69, 9.17) is 0 Å². The zero-order chi connectivity index (χ0) is 13.0. The van der Waals surface area contributed by atoms with Gasteiger partial charge in [0.2, 0.25) is 0 Å². The molecule has 1 heterocycles. The number of hydrogen-bond acceptors (Lipinski definition) is 3. The molecule has 4 heteroatoms.